The summed E-state index contributed by atoms with van der Waals surface area (Å²) in [4.78, 5) is 24.0. The first-order valence-electron chi connectivity index (χ1n) is 7.36. The molecule has 1 aromatic rings. The molecule has 21 heavy (non-hydrogen) atoms. The van der Waals surface area contributed by atoms with Gasteiger partial charge in [-0.15, -0.1) is 0 Å². The molecular formula is C16H22N2O3. The monoisotopic (exact) mass is 290 g/mol. The van der Waals surface area contributed by atoms with Gasteiger partial charge in [0.25, 0.3) is 0 Å². The highest BCUT2D eigenvalue weighted by Crippen LogP contribution is 2.24. The predicted octanol–water partition coefficient (Wildman–Crippen LogP) is 2.16. The number of nitrogen functional groups attached to an aromatic ring is 1. The van der Waals surface area contributed by atoms with Crippen LogP contribution in [0.5, 0.6) is 5.75 Å². The molecule has 1 amide bonds. The third kappa shape index (κ3) is 3.97. The second kappa shape index (κ2) is 7.11. The smallest absolute Gasteiger partial charge is 0.223 e. The fourth-order valence-electron chi connectivity index (χ4n) is 2.67. The topological polar surface area (TPSA) is 81.4 Å². The highest BCUT2D eigenvalue weighted by molar-refractivity contribution is 6.01. The Bertz CT molecular complexity index is 522. The summed E-state index contributed by atoms with van der Waals surface area (Å²) in [5.41, 5.74) is 6.69. The number of ketones is 1. The summed E-state index contributed by atoms with van der Waals surface area (Å²) in [7, 11) is 1.54. The van der Waals surface area contributed by atoms with Crippen LogP contribution in [0.3, 0.4) is 0 Å². The highest BCUT2D eigenvalue weighted by Gasteiger charge is 2.22. The van der Waals surface area contributed by atoms with Gasteiger partial charge < -0.3 is 15.8 Å². The molecule has 3 N–H and O–H groups in total. The number of benzene rings is 1. The minimum absolute atomic E-state index is 0.0684. The largest absolute Gasteiger partial charge is 0.497 e. The van der Waals surface area contributed by atoms with Gasteiger partial charge in [0.15, 0.2) is 5.78 Å². The number of Topliss-reactive ketones (excluding diaryl/α,β-unsaturated/α-hetero) is 1. The molecule has 1 saturated carbocycles. The number of anilines is 1. The van der Waals surface area contributed by atoms with Gasteiger partial charge in [0, 0.05) is 30.1 Å². The zero-order valence-corrected chi connectivity index (χ0v) is 12.4. The second-order valence-corrected chi connectivity index (χ2v) is 5.40. The Morgan fingerprint density at radius 1 is 1.33 bits per heavy atom. The van der Waals surface area contributed by atoms with E-state index in [4.69, 9.17) is 10.5 Å². The molecular weight excluding hydrogens is 268 g/mol. The first kappa shape index (κ1) is 15.4. The maximum Gasteiger partial charge on any atom is 0.223 e. The van der Waals surface area contributed by atoms with E-state index >= 15 is 0 Å². The number of ether oxygens (including phenoxy) is 1. The van der Waals surface area contributed by atoms with Crippen LogP contribution in [-0.4, -0.2) is 25.3 Å². The van der Waals surface area contributed by atoms with Gasteiger partial charge in [0.1, 0.15) is 5.75 Å². The minimum atomic E-state index is -0.0851. The van der Waals surface area contributed by atoms with Crippen LogP contribution >= 0.6 is 0 Å². The van der Waals surface area contributed by atoms with Gasteiger partial charge in [-0.05, 0) is 31.0 Å². The number of nitrogens with one attached hydrogen (secondary N) is 1. The van der Waals surface area contributed by atoms with E-state index in [0.717, 1.165) is 25.7 Å². The van der Waals surface area contributed by atoms with Crippen molar-refractivity contribution in [3.63, 3.8) is 0 Å². The molecule has 1 aliphatic rings. The van der Waals surface area contributed by atoms with Crippen molar-refractivity contribution in [2.24, 2.45) is 5.92 Å². The van der Waals surface area contributed by atoms with Crippen molar-refractivity contribution < 1.29 is 14.3 Å². The van der Waals surface area contributed by atoms with Crippen LogP contribution in [0.2, 0.25) is 0 Å². The number of hydrogen-bond donors (Lipinski definition) is 2. The van der Waals surface area contributed by atoms with Crippen LogP contribution in [0, 0.1) is 5.92 Å². The molecule has 0 radical (unpaired) electrons. The van der Waals surface area contributed by atoms with Gasteiger partial charge in [0.05, 0.1) is 7.11 Å². The van der Waals surface area contributed by atoms with E-state index in [-0.39, 0.29) is 24.0 Å². The number of rotatable bonds is 6. The molecule has 2 rings (SSSR count). The lowest BCUT2D eigenvalue weighted by atomic mass is 10.0. The lowest BCUT2D eigenvalue weighted by molar-refractivity contribution is -0.124. The summed E-state index contributed by atoms with van der Waals surface area (Å²) < 4.78 is 5.09. The summed E-state index contributed by atoms with van der Waals surface area (Å²) in [5.74, 6) is 0.710. The highest BCUT2D eigenvalue weighted by atomic mass is 16.5. The third-order valence-electron chi connectivity index (χ3n) is 3.94. The van der Waals surface area contributed by atoms with Crippen LogP contribution in [0.25, 0.3) is 0 Å². The lowest BCUT2D eigenvalue weighted by Gasteiger charge is -2.11. The fourth-order valence-corrected chi connectivity index (χ4v) is 2.67. The van der Waals surface area contributed by atoms with E-state index in [1.54, 1.807) is 25.3 Å². The van der Waals surface area contributed by atoms with Crippen molar-refractivity contribution >= 4 is 17.4 Å². The quantitative estimate of drug-likeness (QED) is 0.621. The zero-order chi connectivity index (χ0) is 15.2. The zero-order valence-electron chi connectivity index (χ0n) is 12.4. The number of nitrogens with two attached hydrogens (primary N) is 1. The maximum absolute atomic E-state index is 12.1. The van der Waals surface area contributed by atoms with Gasteiger partial charge >= 0.3 is 0 Å². The average molecular weight is 290 g/mol. The van der Waals surface area contributed by atoms with Gasteiger partial charge in [-0.2, -0.15) is 0 Å². The number of methoxy groups -OCH3 is 1. The molecule has 114 valence electrons. The van der Waals surface area contributed by atoms with E-state index in [9.17, 15) is 9.59 Å². The van der Waals surface area contributed by atoms with E-state index in [2.05, 4.69) is 5.32 Å². The van der Waals surface area contributed by atoms with Gasteiger partial charge in [-0.25, -0.2) is 0 Å². The average Bonchev–Trinajstić information content (AvgIpc) is 3.01. The normalized spacial score (nSPS) is 14.9. The molecule has 0 bridgehead atoms. The lowest BCUT2D eigenvalue weighted by Crippen LogP contribution is -2.31. The molecule has 5 nitrogen and oxygen atoms in total. The Labute approximate surface area is 124 Å². The first-order chi connectivity index (χ1) is 10.1. The van der Waals surface area contributed by atoms with Crippen molar-refractivity contribution in [3.05, 3.63) is 23.8 Å². The standard InChI is InChI=1S/C16H22N2O3/c1-21-12-6-7-14(17)13(10-12)15(19)8-9-18-16(20)11-4-2-3-5-11/h6-7,10-11H,2-5,8-9,17H2,1H3,(H,18,20). The Morgan fingerprint density at radius 2 is 2.05 bits per heavy atom. The molecule has 0 spiro atoms. The van der Waals surface area contributed by atoms with Gasteiger partial charge in [-0.1, -0.05) is 12.8 Å². The number of carbonyl (C=O) groups is 2. The molecule has 1 aromatic carbocycles. The third-order valence-corrected chi connectivity index (χ3v) is 3.94. The Hall–Kier alpha value is -2.04. The number of amides is 1. The fraction of sp³-hybridized carbons (Fsp3) is 0.500. The number of carbonyl (C=O) groups excluding carboxylic acids is 2. The molecule has 0 saturated heterocycles. The van der Waals surface area contributed by atoms with Crippen molar-refractivity contribution in [3.8, 4) is 5.75 Å². The Kier molecular flexibility index (Phi) is 5.20. The molecule has 5 heteroatoms. The number of hydrogen-bond acceptors (Lipinski definition) is 4. The van der Waals surface area contributed by atoms with Crippen molar-refractivity contribution in [2.75, 3.05) is 19.4 Å². The summed E-state index contributed by atoms with van der Waals surface area (Å²) in [5, 5.41) is 2.84. The van der Waals surface area contributed by atoms with Crippen LogP contribution < -0.4 is 15.8 Å². The summed E-state index contributed by atoms with van der Waals surface area (Å²) in [6, 6.07) is 5.01. The Balaban J connectivity index is 1.85. The summed E-state index contributed by atoms with van der Waals surface area (Å²) in [6.07, 6.45) is 4.41. The molecule has 1 aliphatic carbocycles. The predicted molar refractivity (Wildman–Crippen MR) is 81.3 cm³/mol. The van der Waals surface area contributed by atoms with E-state index < -0.39 is 0 Å². The summed E-state index contributed by atoms with van der Waals surface area (Å²) in [6.45, 7) is 0.352. The van der Waals surface area contributed by atoms with Gasteiger partial charge in [0.2, 0.25) is 5.91 Å². The molecule has 0 atom stereocenters. The van der Waals surface area contributed by atoms with Crippen LogP contribution in [0.4, 0.5) is 5.69 Å². The van der Waals surface area contributed by atoms with E-state index in [0.29, 0.717) is 23.5 Å². The molecule has 0 aromatic heterocycles. The molecule has 0 unspecified atom stereocenters. The van der Waals surface area contributed by atoms with Crippen LogP contribution in [0.1, 0.15) is 42.5 Å². The van der Waals surface area contributed by atoms with Crippen molar-refractivity contribution in [1.82, 2.24) is 5.32 Å². The minimum Gasteiger partial charge on any atom is -0.497 e. The maximum atomic E-state index is 12.1. The molecule has 0 aliphatic heterocycles. The van der Waals surface area contributed by atoms with Gasteiger partial charge in [-0.3, -0.25) is 9.59 Å². The second-order valence-electron chi connectivity index (χ2n) is 5.40. The first-order valence-corrected chi connectivity index (χ1v) is 7.36. The van der Waals surface area contributed by atoms with E-state index in [1.165, 1.54) is 0 Å². The van der Waals surface area contributed by atoms with E-state index in [1.807, 2.05) is 0 Å². The molecule has 0 heterocycles. The summed E-state index contributed by atoms with van der Waals surface area (Å²) >= 11 is 0. The van der Waals surface area contributed by atoms with Crippen molar-refractivity contribution in [1.29, 1.82) is 0 Å². The van der Waals surface area contributed by atoms with Crippen LogP contribution in [-0.2, 0) is 4.79 Å². The van der Waals surface area contributed by atoms with Crippen molar-refractivity contribution in [2.45, 2.75) is 32.1 Å². The molecule has 1 fully saturated rings. The van der Waals surface area contributed by atoms with Crippen LogP contribution in [0.15, 0.2) is 18.2 Å². The Morgan fingerprint density at radius 3 is 2.71 bits per heavy atom. The SMILES string of the molecule is COc1ccc(N)c(C(=O)CCNC(=O)C2CCCC2)c1.